The molecule has 0 saturated heterocycles. The van der Waals surface area contributed by atoms with Crippen molar-refractivity contribution in [3.8, 4) is 0 Å². The van der Waals surface area contributed by atoms with E-state index in [0.29, 0.717) is 25.9 Å². The van der Waals surface area contributed by atoms with E-state index in [4.69, 9.17) is 9.47 Å². The van der Waals surface area contributed by atoms with Crippen molar-refractivity contribution in [1.29, 1.82) is 0 Å². The van der Waals surface area contributed by atoms with Crippen molar-refractivity contribution in [3.05, 3.63) is 65.6 Å². The summed E-state index contributed by atoms with van der Waals surface area (Å²) in [7, 11) is 1.40. The fourth-order valence-corrected chi connectivity index (χ4v) is 3.56. The van der Waals surface area contributed by atoms with Crippen LogP contribution in [-0.4, -0.2) is 40.9 Å². The van der Waals surface area contributed by atoms with Crippen LogP contribution in [0.2, 0.25) is 0 Å². The fourth-order valence-electron chi connectivity index (χ4n) is 3.56. The lowest BCUT2D eigenvalue weighted by Crippen LogP contribution is -2.33. The Morgan fingerprint density at radius 3 is 2.66 bits per heavy atom. The van der Waals surface area contributed by atoms with E-state index in [9.17, 15) is 9.59 Å². The Kier molecular flexibility index (Phi) is 7.51. The number of fused-ring (bicyclic) bond motifs is 1. The average Bonchev–Trinajstić information content (AvgIpc) is 3.08. The van der Waals surface area contributed by atoms with E-state index >= 15 is 0 Å². The van der Waals surface area contributed by atoms with Gasteiger partial charge in [-0.1, -0.05) is 12.1 Å². The van der Waals surface area contributed by atoms with Crippen molar-refractivity contribution >= 4 is 23.0 Å². The topological polar surface area (TPSA) is 82.5 Å². The number of carbonyl (C=O) groups excluding carboxylic acids is 2. The minimum absolute atomic E-state index is 0.231. The summed E-state index contributed by atoms with van der Waals surface area (Å²) in [5, 5.41) is 3.94. The lowest BCUT2D eigenvalue weighted by atomic mass is 10.0. The second-order valence-electron chi connectivity index (χ2n) is 8.74. The fraction of sp³-hybridized carbons (Fsp3) is 0.400. The van der Waals surface area contributed by atoms with Crippen LogP contribution in [0, 0.1) is 0 Å². The van der Waals surface area contributed by atoms with Gasteiger partial charge in [-0.25, -0.2) is 4.79 Å². The summed E-state index contributed by atoms with van der Waals surface area (Å²) < 4.78 is 12.2. The Morgan fingerprint density at radius 1 is 1.16 bits per heavy atom. The van der Waals surface area contributed by atoms with Gasteiger partial charge in [0.15, 0.2) is 0 Å². The van der Waals surface area contributed by atoms with Gasteiger partial charge in [-0.2, -0.15) is 0 Å². The quantitative estimate of drug-likeness (QED) is 0.533. The third kappa shape index (κ3) is 6.57. The summed E-state index contributed by atoms with van der Waals surface area (Å²) in [6.45, 7) is 6.57. The zero-order chi connectivity index (χ0) is 23.1. The summed E-state index contributed by atoms with van der Waals surface area (Å²) >= 11 is 0. The molecule has 1 N–H and O–H groups in total. The second-order valence-corrected chi connectivity index (χ2v) is 8.74. The number of hydrogen-bond acceptors (Lipinski definition) is 5. The van der Waals surface area contributed by atoms with Crippen molar-refractivity contribution < 1.29 is 19.1 Å². The van der Waals surface area contributed by atoms with Crippen LogP contribution < -0.4 is 5.32 Å². The molecule has 0 unspecified atom stereocenters. The molecule has 1 aromatic carbocycles. The minimum Gasteiger partial charge on any atom is -0.469 e. The first-order valence-electron chi connectivity index (χ1n) is 10.8. The number of aryl methyl sites for hydroxylation is 1. The molecule has 7 nitrogen and oxygen atoms in total. The molecule has 32 heavy (non-hydrogen) atoms. The third-order valence-electron chi connectivity index (χ3n) is 5.01. The van der Waals surface area contributed by atoms with Gasteiger partial charge in [0.1, 0.15) is 5.60 Å². The molecule has 0 radical (unpaired) electrons. The highest BCUT2D eigenvalue weighted by atomic mass is 16.6. The molecule has 2 aromatic heterocycles. The SMILES string of the molecule is COC(=O)CCn1cc(Cc2cccnc2)c2cc(CCNC(=O)OC(C)(C)C)ccc21. The van der Waals surface area contributed by atoms with Crippen LogP contribution in [0.5, 0.6) is 0 Å². The Bertz CT molecular complexity index is 1070. The number of nitrogens with zero attached hydrogens (tertiary/aromatic N) is 2. The van der Waals surface area contributed by atoms with Crippen molar-refractivity contribution in [2.24, 2.45) is 0 Å². The van der Waals surface area contributed by atoms with Gasteiger partial charge in [0.05, 0.1) is 13.5 Å². The number of esters is 1. The minimum atomic E-state index is -0.517. The Morgan fingerprint density at radius 2 is 1.97 bits per heavy atom. The van der Waals surface area contributed by atoms with Gasteiger partial charge in [-0.3, -0.25) is 9.78 Å². The van der Waals surface area contributed by atoms with E-state index in [2.05, 4.69) is 45.3 Å². The number of amides is 1. The van der Waals surface area contributed by atoms with Crippen LogP contribution in [0.1, 0.15) is 43.9 Å². The number of ether oxygens (including phenoxy) is 2. The molecule has 0 aliphatic carbocycles. The van der Waals surface area contributed by atoms with Gasteiger partial charge in [0.25, 0.3) is 0 Å². The molecule has 0 saturated carbocycles. The van der Waals surface area contributed by atoms with E-state index in [1.54, 1.807) is 6.20 Å². The Balaban J connectivity index is 1.79. The standard InChI is InChI=1S/C25H31N3O4/c1-25(2,3)32-24(30)27-12-9-18-7-8-22-21(15-18)20(14-19-6-5-11-26-16-19)17-28(22)13-10-23(29)31-4/h5-8,11,15-17H,9-10,12-14H2,1-4H3,(H,27,30). The largest absolute Gasteiger partial charge is 0.469 e. The van der Waals surface area contributed by atoms with Gasteiger partial charge < -0.3 is 19.4 Å². The number of benzene rings is 1. The molecule has 0 fully saturated rings. The summed E-state index contributed by atoms with van der Waals surface area (Å²) in [6.07, 6.45) is 7.07. The zero-order valence-electron chi connectivity index (χ0n) is 19.2. The predicted molar refractivity (Wildman–Crippen MR) is 124 cm³/mol. The van der Waals surface area contributed by atoms with Crippen molar-refractivity contribution in [1.82, 2.24) is 14.9 Å². The maximum atomic E-state index is 11.9. The van der Waals surface area contributed by atoms with Crippen molar-refractivity contribution in [3.63, 3.8) is 0 Å². The van der Waals surface area contributed by atoms with Gasteiger partial charge >= 0.3 is 12.1 Å². The lowest BCUT2D eigenvalue weighted by Gasteiger charge is -2.19. The number of methoxy groups -OCH3 is 1. The van der Waals surface area contributed by atoms with E-state index in [-0.39, 0.29) is 5.97 Å². The monoisotopic (exact) mass is 437 g/mol. The molecule has 1 amide bonds. The molecule has 2 heterocycles. The highest BCUT2D eigenvalue weighted by molar-refractivity contribution is 5.85. The zero-order valence-corrected chi connectivity index (χ0v) is 19.2. The highest BCUT2D eigenvalue weighted by Gasteiger charge is 2.16. The molecular formula is C25H31N3O4. The summed E-state index contributed by atoms with van der Waals surface area (Å²) in [5.74, 6) is -0.231. The average molecular weight is 438 g/mol. The van der Waals surface area contributed by atoms with Crippen LogP contribution >= 0.6 is 0 Å². The molecule has 7 heteroatoms. The molecular weight excluding hydrogens is 406 g/mol. The molecule has 0 bridgehead atoms. The molecule has 0 spiro atoms. The Labute approximate surface area is 188 Å². The maximum absolute atomic E-state index is 11.9. The van der Waals surface area contributed by atoms with Crippen LogP contribution in [0.15, 0.2) is 48.9 Å². The molecule has 0 atom stereocenters. The van der Waals surface area contributed by atoms with Crippen LogP contribution in [-0.2, 0) is 33.7 Å². The molecule has 0 aliphatic heterocycles. The number of alkyl carbamates (subject to hydrolysis) is 1. The first kappa shape index (κ1) is 23.3. The van der Waals surface area contributed by atoms with Crippen molar-refractivity contribution in [2.75, 3.05) is 13.7 Å². The second kappa shape index (κ2) is 10.3. The van der Waals surface area contributed by atoms with E-state index in [1.165, 1.54) is 12.7 Å². The number of pyridine rings is 1. The van der Waals surface area contributed by atoms with Gasteiger partial charge in [-0.15, -0.1) is 0 Å². The van der Waals surface area contributed by atoms with Crippen LogP contribution in [0.25, 0.3) is 10.9 Å². The van der Waals surface area contributed by atoms with Crippen LogP contribution in [0.4, 0.5) is 4.79 Å². The number of rotatable bonds is 8. The van der Waals surface area contributed by atoms with Crippen LogP contribution in [0.3, 0.4) is 0 Å². The predicted octanol–water partition coefficient (Wildman–Crippen LogP) is 4.26. The molecule has 3 aromatic rings. The summed E-state index contributed by atoms with van der Waals surface area (Å²) in [6, 6.07) is 10.3. The first-order valence-corrected chi connectivity index (χ1v) is 10.8. The molecule has 3 rings (SSSR count). The number of aromatic nitrogens is 2. The van der Waals surface area contributed by atoms with Gasteiger partial charge in [0, 0.05) is 49.0 Å². The van der Waals surface area contributed by atoms with E-state index < -0.39 is 11.7 Å². The molecule has 0 aliphatic rings. The smallest absolute Gasteiger partial charge is 0.407 e. The van der Waals surface area contributed by atoms with Crippen molar-refractivity contribution in [2.45, 2.75) is 52.2 Å². The third-order valence-corrected chi connectivity index (χ3v) is 5.01. The first-order chi connectivity index (χ1) is 15.2. The number of carbonyl (C=O) groups is 2. The van der Waals surface area contributed by atoms with Gasteiger partial charge in [-0.05, 0) is 62.1 Å². The highest BCUT2D eigenvalue weighted by Crippen LogP contribution is 2.26. The molecule has 170 valence electrons. The van der Waals surface area contributed by atoms with E-state index in [0.717, 1.165) is 28.5 Å². The Hall–Kier alpha value is -3.35. The summed E-state index contributed by atoms with van der Waals surface area (Å²) in [4.78, 5) is 27.8. The van der Waals surface area contributed by atoms with E-state index in [1.807, 2.05) is 33.0 Å². The maximum Gasteiger partial charge on any atom is 0.407 e. The number of hydrogen-bond donors (Lipinski definition) is 1. The van der Waals surface area contributed by atoms with Gasteiger partial charge in [0.2, 0.25) is 0 Å². The summed E-state index contributed by atoms with van der Waals surface area (Å²) in [5.41, 5.74) is 3.96. The normalized spacial score (nSPS) is 11.4. The lowest BCUT2D eigenvalue weighted by molar-refractivity contribution is -0.140. The number of nitrogens with one attached hydrogen (secondary N) is 1.